The van der Waals surface area contributed by atoms with Gasteiger partial charge in [0.2, 0.25) is 0 Å². The van der Waals surface area contributed by atoms with Gasteiger partial charge < -0.3 is 14.3 Å². The molecule has 0 aliphatic carbocycles. The van der Waals surface area contributed by atoms with E-state index in [1.807, 2.05) is 0 Å². The van der Waals surface area contributed by atoms with Crippen molar-refractivity contribution in [1.29, 1.82) is 0 Å². The summed E-state index contributed by atoms with van der Waals surface area (Å²) < 4.78 is 11.5. The third kappa shape index (κ3) is 3.52. The summed E-state index contributed by atoms with van der Waals surface area (Å²) in [6.07, 6.45) is 3.51. The lowest BCUT2D eigenvalue weighted by molar-refractivity contribution is 0.0697. The fraction of sp³-hybridized carbons (Fsp3) is 0.211. The van der Waals surface area contributed by atoms with Gasteiger partial charge in [0.1, 0.15) is 17.0 Å². The van der Waals surface area contributed by atoms with Gasteiger partial charge in [-0.1, -0.05) is 13.3 Å². The van der Waals surface area contributed by atoms with Crippen molar-refractivity contribution < 1.29 is 19.1 Å². The third-order valence-electron chi connectivity index (χ3n) is 3.73. The van der Waals surface area contributed by atoms with Crippen LogP contribution in [0.3, 0.4) is 0 Å². The number of carboxylic acid groups (broad SMARTS) is 1. The van der Waals surface area contributed by atoms with Crippen molar-refractivity contribution >= 4 is 16.9 Å². The molecule has 6 heteroatoms. The van der Waals surface area contributed by atoms with E-state index < -0.39 is 5.97 Å². The Kier molecular flexibility index (Phi) is 4.79. The average Bonchev–Trinajstić information content (AvgIpc) is 2.62. The van der Waals surface area contributed by atoms with Crippen LogP contribution in [0.5, 0.6) is 5.75 Å². The Morgan fingerprint density at radius 2 is 2.12 bits per heavy atom. The standard InChI is InChI=1S/C19H17NO5/c1-2-3-9-24-16-5-4-8-20-18(16)17-11-14(21)13-10-12(19(22)23)6-7-15(13)25-17/h4-8,10-11H,2-3,9H2,1H3,(H,22,23). The van der Waals surface area contributed by atoms with E-state index in [-0.39, 0.29) is 22.1 Å². The predicted molar refractivity (Wildman–Crippen MR) is 93.1 cm³/mol. The summed E-state index contributed by atoms with van der Waals surface area (Å²) in [6.45, 7) is 2.62. The van der Waals surface area contributed by atoms with Crippen molar-refractivity contribution in [1.82, 2.24) is 4.98 Å². The lowest BCUT2D eigenvalue weighted by Gasteiger charge is -2.10. The molecule has 128 valence electrons. The van der Waals surface area contributed by atoms with Crippen LogP contribution in [0.25, 0.3) is 22.4 Å². The highest BCUT2D eigenvalue weighted by Gasteiger charge is 2.14. The summed E-state index contributed by atoms with van der Waals surface area (Å²) >= 11 is 0. The molecule has 0 saturated carbocycles. The number of fused-ring (bicyclic) bond motifs is 1. The molecule has 6 nitrogen and oxygen atoms in total. The third-order valence-corrected chi connectivity index (χ3v) is 3.73. The normalized spacial score (nSPS) is 10.8. The fourth-order valence-corrected chi connectivity index (χ4v) is 2.42. The van der Waals surface area contributed by atoms with Gasteiger partial charge in [0, 0.05) is 12.3 Å². The maximum Gasteiger partial charge on any atom is 0.335 e. The summed E-state index contributed by atoms with van der Waals surface area (Å²) in [4.78, 5) is 27.7. The lowest BCUT2D eigenvalue weighted by Crippen LogP contribution is -2.05. The number of aromatic carboxylic acids is 1. The van der Waals surface area contributed by atoms with Crippen LogP contribution in [0, 0.1) is 0 Å². The minimum Gasteiger partial charge on any atom is -0.491 e. The smallest absolute Gasteiger partial charge is 0.335 e. The monoisotopic (exact) mass is 339 g/mol. The molecule has 0 aliphatic heterocycles. The molecule has 1 aromatic carbocycles. The molecule has 0 amide bonds. The summed E-state index contributed by atoms with van der Waals surface area (Å²) in [7, 11) is 0. The second kappa shape index (κ2) is 7.17. The molecular weight excluding hydrogens is 322 g/mol. The van der Waals surface area contributed by atoms with Gasteiger partial charge in [0.15, 0.2) is 11.2 Å². The molecule has 0 radical (unpaired) electrons. The van der Waals surface area contributed by atoms with E-state index in [9.17, 15) is 9.59 Å². The maximum absolute atomic E-state index is 12.4. The number of unbranched alkanes of at least 4 members (excludes halogenated alkanes) is 1. The maximum atomic E-state index is 12.4. The summed E-state index contributed by atoms with van der Waals surface area (Å²) in [6, 6.07) is 9.02. The summed E-state index contributed by atoms with van der Waals surface area (Å²) in [5.74, 6) is -0.269. The molecule has 0 atom stereocenters. The largest absolute Gasteiger partial charge is 0.491 e. The molecular formula is C19H17NO5. The Morgan fingerprint density at radius 3 is 2.88 bits per heavy atom. The van der Waals surface area contributed by atoms with Crippen molar-refractivity contribution in [2.24, 2.45) is 0 Å². The number of hydrogen-bond donors (Lipinski definition) is 1. The van der Waals surface area contributed by atoms with Gasteiger partial charge in [-0.15, -0.1) is 0 Å². The molecule has 2 heterocycles. The first kappa shape index (κ1) is 16.7. The van der Waals surface area contributed by atoms with E-state index in [1.54, 1.807) is 18.3 Å². The number of carbonyl (C=O) groups is 1. The minimum absolute atomic E-state index is 0.0361. The number of pyridine rings is 1. The molecule has 3 rings (SSSR count). The highest BCUT2D eigenvalue weighted by atomic mass is 16.5. The first-order chi connectivity index (χ1) is 12.1. The van der Waals surface area contributed by atoms with Crippen LogP contribution in [0.15, 0.2) is 51.8 Å². The highest BCUT2D eigenvalue weighted by Crippen LogP contribution is 2.29. The van der Waals surface area contributed by atoms with Crippen LogP contribution in [-0.4, -0.2) is 22.7 Å². The van der Waals surface area contributed by atoms with Gasteiger partial charge in [-0.05, 0) is 36.8 Å². The van der Waals surface area contributed by atoms with Gasteiger partial charge in [0.25, 0.3) is 0 Å². The summed E-state index contributed by atoms with van der Waals surface area (Å²) in [5, 5.41) is 9.26. The number of ether oxygens (including phenoxy) is 1. The second-order valence-electron chi connectivity index (χ2n) is 5.54. The molecule has 0 fully saturated rings. The second-order valence-corrected chi connectivity index (χ2v) is 5.54. The molecule has 0 saturated heterocycles. The minimum atomic E-state index is -1.10. The Morgan fingerprint density at radius 1 is 1.28 bits per heavy atom. The number of hydrogen-bond acceptors (Lipinski definition) is 5. The highest BCUT2D eigenvalue weighted by molar-refractivity contribution is 5.93. The van der Waals surface area contributed by atoms with E-state index in [1.165, 1.54) is 24.3 Å². The van der Waals surface area contributed by atoms with Crippen LogP contribution in [0.4, 0.5) is 0 Å². The molecule has 0 unspecified atom stereocenters. The van der Waals surface area contributed by atoms with Gasteiger partial charge in [-0.2, -0.15) is 0 Å². The quantitative estimate of drug-likeness (QED) is 0.688. The average molecular weight is 339 g/mol. The van der Waals surface area contributed by atoms with Crippen LogP contribution < -0.4 is 10.2 Å². The molecule has 2 aromatic heterocycles. The van der Waals surface area contributed by atoms with Crippen molar-refractivity contribution in [3.63, 3.8) is 0 Å². The molecule has 3 aromatic rings. The van der Waals surface area contributed by atoms with E-state index in [4.69, 9.17) is 14.3 Å². The van der Waals surface area contributed by atoms with Crippen molar-refractivity contribution in [2.75, 3.05) is 6.61 Å². The zero-order valence-corrected chi connectivity index (χ0v) is 13.7. The molecule has 0 bridgehead atoms. The predicted octanol–water partition coefficient (Wildman–Crippen LogP) is 3.73. The van der Waals surface area contributed by atoms with Crippen LogP contribution in [0.2, 0.25) is 0 Å². The topological polar surface area (TPSA) is 89.6 Å². The SMILES string of the molecule is CCCCOc1cccnc1-c1cc(=O)c2cc(C(=O)O)ccc2o1. The first-order valence-corrected chi connectivity index (χ1v) is 7.99. The Bertz CT molecular complexity index is 977. The van der Waals surface area contributed by atoms with Crippen molar-refractivity contribution in [2.45, 2.75) is 19.8 Å². The number of carboxylic acids is 1. The zero-order valence-electron chi connectivity index (χ0n) is 13.7. The first-order valence-electron chi connectivity index (χ1n) is 7.99. The molecule has 25 heavy (non-hydrogen) atoms. The van der Waals surface area contributed by atoms with Crippen LogP contribution in [0.1, 0.15) is 30.1 Å². The van der Waals surface area contributed by atoms with E-state index in [0.717, 1.165) is 12.8 Å². The lowest BCUT2D eigenvalue weighted by atomic mass is 10.1. The van der Waals surface area contributed by atoms with Crippen molar-refractivity contribution in [3.8, 4) is 17.2 Å². The van der Waals surface area contributed by atoms with Crippen LogP contribution >= 0.6 is 0 Å². The zero-order chi connectivity index (χ0) is 17.8. The van der Waals surface area contributed by atoms with E-state index >= 15 is 0 Å². The Balaban J connectivity index is 2.07. The molecule has 0 spiro atoms. The van der Waals surface area contributed by atoms with Gasteiger partial charge >= 0.3 is 5.97 Å². The number of aromatic nitrogens is 1. The molecule has 1 N–H and O–H groups in total. The fourth-order valence-electron chi connectivity index (χ4n) is 2.42. The molecule has 0 aliphatic rings. The van der Waals surface area contributed by atoms with E-state index in [2.05, 4.69) is 11.9 Å². The summed E-state index contributed by atoms with van der Waals surface area (Å²) in [5.41, 5.74) is 0.455. The number of rotatable bonds is 6. The van der Waals surface area contributed by atoms with Crippen LogP contribution in [-0.2, 0) is 0 Å². The Hall–Kier alpha value is -3.15. The van der Waals surface area contributed by atoms with Crippen molar-refractivity contribution in [3.05, 3.63) is 58.4 Å². The van der Waals surface area contributed by atoms with E-state index in [0.29, 0.717) is 23.6 Å². The van der Waals surface area contributed by atoms with Gasteiger partial charge in [0.05, 0.1) is 17.6 Å². The number of benzene rings is 1. The van der Waals surface area contributed by atoms with Gasteiger partial charge in [-0.3, -0.25) is 4.79 Å². The van der Waals surface area contributed by atoms with Gasteiger partial charge in [-0.25, -0.2) is 9.78 Å². The Labute approximate surface area is 143 Å². The number of nitrogens with zero attached hydrogens (tertiary/aromatic N) is 1.